The predicted octanol–water partition coefficient (Wildman–Crippen LogP) is 2.80. The Kier molecular flexibility index (Phi) is 5.28. The van der Waals surface area contributed by atoms with Gasteiger partial charge in [0.2, 0.25) is 0 Å². The van der Waals surface area contributed by atoms with Crippen LogP contribution in [0.2, 0.25) is 0 Å². The van der Waals surface area contributed by atoms with Crippen LogP contribution in [0.4, 0.5) is 0 Å². The summed E-state index contributed by atoms with van der Waals surface area (Å²) in [5, 5.41) is 3.09. The van der Waals surface area contributed by atoms with Crippen LogP contribution >= 0.6 is 11.8 Å². The maximum Gasteiger partial charge on any atom is 0.251 e. The average Bonchev–Trinajstić information content (AvgIpc) is 2.64. The van der Waals surface area contributed by atoms with Crippen molar-refractivity contribution < 1.29 is 4.79 Å². The Morgan fingerprint density at radius 1 is 1.21 bits per heavy atom. The highest BCUT2D eigenvalue weighted by Gasteiger charge is 2.22. The van der Waals surface area contributed by atoms with Crippen LogP contribution < -0.4 is 11.1 Å². The Hall–Kier alpha value is -1.00. The molecule has 0 aromatic heterocycles. The first-order chi connectivity index (χ1) is 9.20. The molecular weight excluding hydrogens is 256 g/mol. The lowest BCUT2D eigenvalue weighted by Crippen LogP contribution is -2.46. The van der Waals surface area contributed by atoms with E-state index in [0.717, 1.165) is 19.3 Å². The summed E-state index contributed by atoms with van der Waals surface area (Å²) in [6, 6.07) is 7.93. The third kappa shape index (κ3) is 3.98. The van der Waals surface area contributed by atoms with Crippen molar-refractivity contribution in [3.63, 3.8) is 0 Å². The number of hydrogen-bond acceptors (Lipinski definition) is 3. The maximum absolute atomic E-state index is 12.2. The Bertz CT molecular complexity index is 419. The number of nitrogens with two attached hydrogens (primary N) is 1. The van der Waals surface area contributed by atoms with Crippen LogP contribution in [0.25, 0.3) is 0 Å². The number of amides is 1. The molecule has 1 aliphatic carbocycles. The van der Waals surface area contributed by atoms with Crippen molar-refractivity contribution in [3.8, 4) is 0 Å². The zero-order valence-electron chi connectivity index (χ0n) is 11.4. The van der Waals surface area contributed by atoms with Gasteiger partial charge >= 0.3 is 0 Å². The van der Waals surface area contributed by atoms with Crippen LogP contribution in [0.3, 0.4) is 0 Å². The molecule has 0 aliphatic heterocycles. The minimum atomic E-state index is -0.00463. The van der Waals surface area contributed by atoms with Crippen molar-refractivity contribution in [2.75, 3.05) is 6.26 Å². The summed E-state index contributed by atoms with van der Waals surface area (Å²) in [6.07, 6.45) is 7.59. The number of hydrogen-bond donors (Lipinski definition) is 2. The highest BCUT2D eigenvalue weighted by Crippen LogP contribution is 2.18. The Labute approximate surface area is 119 Å². The van der Waals surface area contributed by atoms with Gasteiger partial charge in [-0.25, -0.2) is 0 Å². The van der Waals surface area contributed by atoms with E-state index in [4.69, 9.17) is 5.73 Å². The standard InChI is InChI=1S/C15H22N2OS/c1-19-12-9-7-11(8-10-12)15(18)17-14-6-4-2-3-5-13(14)16/h7-10,13-14H,2-6,16H2,1H3,(H,17,18). The van der Waals surface area contributed by atoms with E-state index in [1.807, 2.05) is 30.5 Å². The van der Waals surface area contributed by atoms with E-state index >= 15 is 0 Å². The molecule has 0 radical (unpaired) electrons. The van der Waals surface area contributed by atoms with Gasteiger partial charge in [-0.2, -0.15) is 0 Å². The SMILES string of the molecule is CSc1ccc(C(=O)NC2CCCCCC2N)cc1. The molecule has 0 bridgehead atoms. The number of rotatable bonds is 3. The topological polar surface area (TPSA) is 55.1 Å². The van der Waals surface area contributed by atoms with E-state index < -0.39 is 0 Å². The Morgan fingerprint density at radius 2 is 1.89 bits per heavy atom. The van der Waals surface area contributed by atoms with E-state index in [0.29, 0.717) is 5.56 Å². The summed E-state index contributed by atoms with van der Waals surface area (Å²) in [5.74, 6) is -0.00463. The fourth-order valence-corrected chi connectivity index (χ4v) is 2.92. The zero-order chi connectivity index (χ0) is 13.7. The highest BCUT2D eigenvalue weighted by molar-refractivity contribution is 7.98. The molecule has 2 rings (SSSR count). The van der Waals surface area contributed by atoms with Crippen molar-refractivity contribution in [2.24, 2.45) is 5.73 Å². The zero-order valence-corrected chi connectivity index (χ0v) is 12.2. The van der Waals surface area contributed by atoms with Crippen molar-refractivity contribution in [1.82, 2.24) is 5.32 Å². The van der Waals surface area contributed by atoms with Gasteiger partial charge in [0.15, 0.2) is 0 Å². The van der Waals surface area contributed by atoms with Gasteiger partial charge in [-0.05, 0) is 43.4 Å². The van der Waals surface area contributed by atoms with E-state index in [9.17, 15) is 4.79 Å². The van der Waals surface area contributed by atoms with Gasteiger partial charge in [0.05, 0.1) is 0 Å². The lowest BCUT2D eigenvalue weighted by atomic mass is 10.0. The summed E-state index contributed by atoms with van der Waals surface area (Å²) < 4.78 is 0. The Morgan fingerprint density at radius 3 is 2.58 bits per heavy atom. The molecule has 1 aromatic rings. The van der Waals surface area contributed by atoms with Gasteiger partial charge in [0.1, 0.15) is 0 Å². The Balaban J connectivity index is 1.98. The monoisotopic (exact) mass is 278 g/mol. The normalized spacial score (nSPS) is 23.7. The van der Waals surface area contributed by atoms with Crippen molar-refractivity contribution in [3.05, 3.63) is 29.8 Å². The predicted molar refractivity (Wildman–Crippen MR) is 80.5 cm³/mol. The molecular formula is C15H22N2OS. The fraction of sp³-hybridized carbons (Fsp3) is 0.533. The van der Waals surface area contributed by atoms with Gasteiger partial charge in [0, 0.05) is 22.5 Å². The van der Waals surface area contributed by atoms with Gasteiger partial charge in [0.25, 0.3) is 5.91 Å². The first-order valence-electron chi connectivity index (χ1n) is 6.91. The fourth-order valence-electron chi connectivity index (χ4n) is 2.51. The van der Waals surface area contributed by atoms with Gasteiger partial charge in [-0.15, -0.1) is 11.8 Å². The van der Waals surface area contributed by atoms with Gasteiger partial charge in [-0.3, -0.25) is 4.79 Å². The molecule has 3 N–H and O–H groups in total. The van der Waals surface area contributed by atoms with Crippen LogP contribution in [-0.4, -0.2) is 24.2 Å². The second-order valence-electron chi connectivity index (χ2n) is 5.11. The molecule has 1 amide bonds. The third-order valence-electron chi connectivity index (χ3n) is 3.74. The first kappa shape index (κ1) is 14.4. The number of benzene rings is 1. The molecule has 0 spiro atoms. The van der Waals surface area contributed by atoms with Crippen LogP contribution in [0, 0.1) is 0 Å². The van der Waals surface area contributed by atoms with Gasteiger partial charge in [-0.1, -0.05) is 19.3 Å². The summed E-state index contributed by atoms with van der Waals surface area (Å²) in [5.41, 5.74) is 6.85. The molecule has 1 aliphatic rings. The number of nitrogens with one attached hydrogen (secondary N) is 1. The number of carbonyl (C=O) groups is 1. The largest absolute Gasteiger partial charge is 0.348 e. The molecule has 0 heterocycles. The third-order valence-corrected chi connectivity index (χ3v) is 4.48. The molecule has 19 heavy (non-hydrogen) atoms. The van der Waals surface area contributed by atoms with Crippen molar-refractivity contribution >= 4 is 17.7 Å². The molecule has 3 nitrogen and oxygen atoms in total. The maximum atomic E-state index is 12.2. The van der Waals surface area contributed by atoms with E-state index in [2.05, 4.69) is 5.32 Å². The molecule has 1 aromatic carbocycles. The lowest BCUT2D eigenvalue weighted by Gasteiger charge is -2.22. The van der Waals surface area contributed by atoms with E-state index in [1.54, 1.807) is 11.8 Å². The molecule has 104 valence electrons. The highest BCUT2D eigenvalue weighted by atomic mass is 32.2. The second-order valence-corrected chi connectivity index (χ2v) is 5.99. The van der Waals surface area contributed by atoms with Crippen LogP contribution in [-0.2, 0) is 0 Å². The smallest absolute Gasteiger partial charge is 0.251 e. The first-order valence-corrected chi connectivity index (χ1v) is 8.13. The summed E-state index contributed by atoms with van der Waals surface area (Å²) >= 11 is 1.68. The number of carbonyl (C=O) groups excluding carboxylic acids is 1. The average molecular weight is 278 g/mol. The quantitative estimate of drug-likeness (QED) is 0.660. The van der Waals surface area contributed by atoms with Gasteiger partial charge < -0.3 is 11.1 Å². The van der Waals surface area contributed by atoms with E-state index in [1.165, 1.54) is 17.7 Å². The minimum absolute atomic E-state index is 0.00463. The second kappa shape index (κ2) is 6.96. The van der Waals surface area contributed by atoms with Crippen molar-refractivity contribution in [2.45, 2.75) is 49.1 Å². The lowest BCUT2D eigenvalue weighted by molar-refractivity contribution is 0.0929. The molecule has 0 saturated heterocycles. The van der Waals surface area contributed by atoms with Crippen LogP contribution in [0.5, 0.6) is 0 Å². The van der Waals surface area contributed by atoms with Crippen LogP contribution in [0.15, 0.2) is 29.2 Å². The van der Waals surface area contributed by atoms with Crippen molar-refractivity contribution in [1.29, 1.82) is 0 Å². The minimum Gasteiger partial charge on any atom is -0.348 e. The number of thioether (sulfide) groups is 1. The summed E-state index contributed by atoms with van der Waals surface area (Å²) in [6.45, 7) is 0. The molecule has 2 unspecified atom stereocenters. The molecule has 1 saturated carbocycles. The summed E-state index contributed by atoms with van der Waals surface area (Å²) in [7, 11) is 0. The van der Waals surface area contributed by atoms with E-state index in [-0.39, 0.29) is 18.0 Å². The van der Waals surface area contributed by atoms with Crippen LogP contribution in [0.1, 0.15) is 42.5 Å². The molecule has 2 atom stereocenters. The molecule has 1 fully saturated rings. The summed E-state index contributed by atoms with van der Waals surface area (Å²) in [4.78, 5) is 13.4. The molecule has 4 heteroatoms.